The highest BCUT2D eigenvalue weighted by atomic mass is 19.3. The topological polar surface area (TPSA) is 47.6 Å². The summed E-state index contributed by atoms with van der Waals surface area (Å²) in [7, 11) is 0. The van der Waals surface area contributed by atoms with Crippen molar-refractivity contribution in [2.24, 2.45) is 0 Å². The summed E-state index contributed by atoms with van der Waals surface area (Å²) in [6.07, 6.45) is 0.843. The van der Waals surface area contributed by atoms with E-state index < -0.39 is 12.5 Å². The van der Waals surface area contributed by atoms with Crippen molar-refractivity contribution >= 4 is 11.6 Å². The summed E-state index contributed by atoms with van der Waals surface area (Å²) in [5.41, 5.74) is 0.736. The van der Waals surface area contributed by atoms with E-state index in [4.69, 9.17) is 4.74 Å². The van der Waals surface area contributed by atoms with Crippen LogP contribution in [0.15, 0.2) is 48.5 Å². The molecule has 0 unspecified atom stereocenters. The maximum absolute atomic E-state index is 12.3. The highest BCUT2D eigenvalue weighted by Gasteiger charge is 2.12. The van der Waals surface area contributed by atoms with Crippen LogP contribution >= 0.6 is 0 Å². The number of rotatable bonds is 7. The molecule has 0 saturated heterocycles. The lowest BCUT2D eigenvalue weighted by molar-refractivity contribution is -0.0498. The summed E-state index contributed by atoms with van der Waals surface area (Å²) in [6.45, 7) is -0.420. The minimum absolute atomic E-state index is 0.0665. The Morgan fingerprint density at radius 3 is 2.70 bits per heavy atom. The maximum atomic E-state index is 12.3. The molecule has 0 bridgehead atoms. The molecule has 0 aromatic heterocycles. The van der Waals surface area contributed by atoms with Crippen molar-refractivity contribution in [2.45, 2.75) is 20.0 Å². The molecule has 0 saturated carbocycles. The van der Waals surface area contributed by atoms with E-state index in [1.165, 1.54) is 24.3 Å². The van der Waals surface area contributed by atoms with Crippen LogP contribution in [-0.2, 0) is 0 Å². The molecule has 122 valence electrons. The van der Waals surface area contributed by atoms with Crippen molar-refractivity contribution in [3.05, 3.63) is 54.1 Å². The molecule has 1 amide bonds. The molecule has 23 heavy (non-hydrogen) atoms. The number of benzene rings is 2. The van der Waals surface area contributed by atoms with E-state index in [0.29, 0.717) is 18.0 Å². The fraction of sp³-hybridized carbons (Fsp3) is 0.235. The van der Waals surface area contributed by atoms with Crippen LogP contribution in [0, 0.1) is 0 Å². The quantitative estimate of drug-likeness (QED) is 0.826. The molecule has 2 aromatic rings. The first-order valence-corrected chi connectivity index (χ1v) is 7.18. The lowest BCUT2D eigenvalue weighted by atomic mass is 10.2. The summed E-state index contributed by atoms with van der Waals surface area (Å²) in [6, 6.07) is 12.7. The number of hydrogen-bond donors (Lipinski definition) is 1. The van der Waals surface area contributed by atoms with Gasteiger partial charge in [0.05, 0.1) is 12.3 Å². The largest absolute Gasteiger partial charge is 0.491 e. The smallest absolute Gasteiger partial charge is 0.387 e. The van der Waals surface area contributed by atoms with Crippen molar-refractivity contribution in [1.29, 1.82) is 0 Å². The number of anilines is 1. The fourth-order valence-corrected chi connectivity index (χ4v) is 1.92. The first-order valence-electron chi connectivity index (χ1n) is 7.18. The van der Waals surface area contributed by atoms with Crippen LogP contribution in [-0.4, -0.2) is 19.1 Å². The third-order valence-electron chi connectivity index (χ3n) is 2.92. The van der Waals surface area contributed by atoms with Crippen molar-refractivity contribution in [3.63, 3.8) is 0 Å². The Morgan fingerprint density at radius 1 is 1.17 bits per heavy atom. The standard InChI is InChI=1S/C17H17F2NO3/c1-2-10-22-15-9-4-3-8-14(15)20-16(21)12-6-5-7-13(11-12)23-17(18)19/h3-9,11,17H,2,10H2,1H3,(H,20,21). The highest BCUT2D eigenvalue weighted by Crippen LogP contribution is 2.25. The van der Waals surface area contributed by atoms with Crippen molar-refractivity contribution in [1.82, 2.24) is 0 Å². The van der Waals surface area contributed by atoms with Crippen molar-refractivity contribution in [2.75, 3.05) is 11.9 Å². The Hall–Kier alpha value is -2.63. The van der Waals surface area contributed by atoms with Gasteiger partial charge in [-0.2, -0.15) is 8.78 Å². The van der Waals surface area contributed by atoms with Crippen LogP contribution in [0.25, 0.3) is 0 Å². The molecule has 0 spiro atoms. The van der Waals surface area contributed by atoms with E-state index in [0.717, 1.165) is 6.42 Å². The minimum Gasteiger partial charge on any atom is -0.491 e. The van der Waals surface area contributed by atoms with Crippen LogP contribution in [0.5, 0.6) is 11.5 Å². The molecule has 4 nitrogen and oxygen atoms in total. The number of para-hydroxylation sites is 2. The van der Waals surface area contributed by atoms with E-state index in [1.807, 2.05) is 6.92 Å². The molecule has 6 heteroatoms. The SMILES string of the molecule is CCCOc1ccccc1NC(=O)c1cccc(OC(F)F)c1. The molecule has 0 atom stereocenters. The van der Waals surface area contributed by atoms with E-state index in [1.54, 1.807) is 24.3 Å². The highest BCUT2D eigenvalue weighted by molar-refractivity contribution is 6.05. The molecule has 0 radical (unpaired) electrons. The number of ether oxygens (including phenoxy) is 2. The first kappa shape index (κ1) is 16.7. The summed E-state index contributed by atoms with van der Waals surface area (Å²) < 4.78 is 34.3. The number of carbonyl (C=O) groups is 1. The molecular weight excluding hydrogens is 304 g/mol. The fourth-order valence-electron chi connectivity index (χ4n) is 1.92. The van der Waals surface area contributed by atoms with Gasteiger partial charge in [-0.15, -0.1) is 0 Å². The minimum atomic E-state index is -2.93. The Balaban J connectivity index is 2.13. The van der Waals surface area contributed by atoms with Gasteiger partial charge in [0.15, 0.2) is 0 Å². The zero-order valence-electron chi connectivity index (χ0n) is 12.6. The third kappa shape index (κ3) is 4.95. The van der Waals surface area contributed by atoms with Crippen LogP contribution in [0.2, 0.25) is 0 Å². The molecule has 0 fully saturated rings. The average Bonchev–Trinajstić information content (AvgIpc) is 2.53. The second-order valence-corrected chi connectivity index (χ2v) is 4.71. The molecule has 0 aliphatic carbocycles. The van der Waals surface area contributed by atoms with Gasteiger partial charge in [0.2, 0.25) is 0 Å². The molecule has 0 aliphatic rings. The zero-order valence-corrected chi connectivity index (χ0v) is 12.6. The maximum Gasteiger partial charge on any atom is 0.387 e. The van der Waals surface area contributed by atoms with E-state index >= 15 is 0 Å². The van der Waals surface area contributed by atoms with Gasteiger partial charge in [-0.25, -0.2) is 0 Å². The average molecular weight is 321 g/mol. The lowest BCUT2D eigenvalue weighted by Gasteiger charge is -2.12. The summed E-state index contributed by atoms with van der Waals surface area (Å²) >= 11 is 0. The Morgan fingerprint density at radius 2 is 1.96 bits per heavy atom. The summed E-state index contributed by atoms with van der Waals surface area (Å²) in [5.74, 6) is 0.0584. The van der Waals surface area contributed by atoms with E-state index in [-0.39, 0.29) is 11.3 Å². The Labute approximate surface area is 133 Å². The summed E-state index contributed by atoms with van der Waals surface area (Å²) in [4.78, 5) is 12.3. The van der Waals surface area contributed by atoms with Crippen LogP contribution in [0.1, 0.15) is 23.7 Å². The van der Waals surface area contributed by atoms with Crippen molar-refractivity contribution in [3.8, 4) is 11.5 Å². The van der Waals surface area contributed by atoms with Gasteiger partial charge >= 0.3 is 6.61 Å². The van der Waals surface area contributed by atoms with Crippen LogP contribution in [0.3, 0.4) is 0 Å². The number of carbonyl (C=O) groups excluding carboxylic acids is 1. The van der Waals surface area contributed by atoms with Crippen LogP contribution in [0.4, 0.5) is 14.5 Å². The number of alkyl halides is 2. The van der Waals surface area contributed by atoms with Gasteiger partial charge < -0.3 is 14.8 Å². The van der Waals surface area contributed by atoms with E-state index in [9.17, 15) is 13.6 Å². The lowest BCUT2D eigenvalue weighted by Crippen LogP contribution is -2.13. The molecule has 2 rings (SSSR count). The van der Waals surface area contributed by atoms with Crippen molar-refractivity contribution < 1.29 is 23.0 Å². The molecule has 0 heterocycles. The number of nitrogens with one attached hydrogen (secondary N) is 1. The Kier molecular flexibility index (Phi) is 5.91. The number of amides is 1. The number of hydrogen-bond acceptors (Lipinski definition) is 3. The normalized spacial score (nSPS) is 10.4. The van der Waals surface area contributed by atoms with Gasteiger partial charge in [0, 0.05) is 5.56 Å². The molecular formula is C17H17F2NO3. The second-order valence-electron chi connectivity index (χ2n) is 4.71. The monoisotopic (exact) mass is 321 g/mol. The summed E-state index contributed by atoms with van der Waals surface area (Å²) in [5, 5.41) is 2.71. The third-order valence-corrected chi connectivity index (χ3v) is 2.92. The predicted molar refractivity (Wildman–Crippen MR) is 83.3 cm³/mol. The zero-order chi connectivity index (χ0) is 16.7. The molecule has 1 N–H and O–H groups in total. The first-order chi connectivity index (χ1) is 11.1. The second kappa shape index (κ2) is 8.12. The van der Waals surface area contributed by atoms with Gasteiger partial charge in [0.25, 0.3) is 5.91 Å². The number of halogens is 2. The van der Waals surface area contributed by atoms with Gasteiger partial charge in [-0.3, -0.25) is 4.79 Å². The predicted octanol–water partition coefficient (Wildman–Crippen LogP) is 4.33. The molecule has 2 aromatic carbocycles. The van der Waals surface area contributed by atoms with Gasteiger partial charge in [-0.05, 0) is 36.8 Å². The van der Waals surface area contributed by atoms with E-state index in [2.05, 4.69) is 10.1 Å². The van der Waals surface area contributed by atoms with Crippen LogP contribution < -0.4 is 14.8 Å². The Bertz CT molecular complexity index is 662. The van der Waals surface area contributed by atoms with Gasteiger partial charge in [0.1, 0.15) is 11.5 Å². The van der Waals surface area contributed by atoms with Gasteiger partial charge in [-0.1, -0.05) is 25.1 Å². The molecule has 0 aliphatic heterocycles.